The van der Waals surface area contributed by atoms with Gasteiger partial charge in [-0.05, 0) is 31.5 Å². The van der Waals surface area contributed by atoms with Gasteiger partial charge >= 0.3 is 28.3 Å². The lowest BCUT2D eigenvalue weighted by Crippen LogP contribution is -2.30. The van der Waals surface area contributed by atoms with E-state index >= 15 is 0 Å². The van der Waals surface area contributed by atoms with Gasteiger partial charge in [-0.25, -0.2) is 20.0 Å². The maximum Gasteiger partial charge on any atom is 0.478 e. The van der Waals surface area contributed by atoms with Crippen molar-refractivity contribution in [3.05, 3.63) is 36.7 Å². The number of halogens is 3. The summed E-state index contributed by atoms with van der Waals surface area (Å²) in [5.41, 5.74) is 20.6. The molecule has 0 bridgehead atoms. The number of alkyl halides is 3. The van der Waals surface area contributed by atoms with Crippen LogP contribution in [-0.2, 0) is 18.2 Å². The number of carboxylic acid groups (broad SMARTS) is 1. The molecule has 1 aromatic carbocycles. The van der Waals surface area contributed by atoms with Crippen LogP contribution in [0.15, 0.2) is 36.7 Å². The van der Waals surface area contributed by atoms with E-state index in [0.717, 1.165) is 24.1 Å². The van der Waals surface area contributed by atoms with E-state index in [4.69, 9.17) is 36.1 Å². The molecule has 12 N–H and O–H groups in total. The Morgan fingerprint density at radius 1 is 1.00 bits per heavy atom. The number of para-hydroxylation sites is 2. The van der Waals surface area contributed by atoms with E-state index < -0.39 is 34.3 Å². The first-order chi connectivity index (χ1) is 17.1. The molecule has 2 aromatic rings. The minimum absolute atomic E-state index is 0.464. The van der Waals surface area contributed by atoms with Crippen molar-refractivity contribution in [2.45, 2.75) is 25.6 Å². The van der Waals surface area contributed by atoms with Gasteiger partial charge in [-0.1, -0.05) is 12.1 Å². The van der Waals surface area contributed by atoms with Crippen LogP contribution < -0.4 is 27.9 Å². The van der Waals surface area contributed by atoms with Crippen molar-refractivity contribution >= 4 is 32.6 Å². The molecular weight excluding hydrogens is 553 g/mol. The number of hydrogen-bond acceptors (Lipinski definition) is 11. The van der Waals surface area contributed by atoms with Gasteiger partial charge in [-0.15, -0.1) is 0 Å². The quantitative estimate of drug-likeness (QED) is 0.196. The number of carboxylic acids is 1. The maximum atomic E-state index is 10.0. The van der Waals surface area contributed by atoms with Gasteiger partial charge in [0.1, 0.15) is 6.04 Å². The van der Waals surface area contributed by atoms with Crippen LogP contribution in [0.2, 0.25) is 0 Å². The number of nitrogens with two attached hydrogens (primary N) is 2. The Labute approximate surface area is 209 Å². The zero-order valence-corrected chi connectivity index (χ0v) is 20.9. The van der Waals surface area contributed by atoms with Crippen LogP contribution in [0, 0.1) is 0 Å². The summed E-state index contributed by atoms with van der Waals surface area (Å²) in [7, 11) is -10.1. The molecule has 3 rings (SSSR count). The summed E-state index contributed by atoms with van der Waals surface area (Å²) in [5, 5.41) is 8.24. The number of rotatable bonds is 6. The van der Waals surface area contributed by atoms with Crippen molar-refractivity contribution in [1.29, 1.82) is 0 Å². The molecule has 1 aliphatic rings. The molecule has 0 aliphatic carbocycles. The molecule has 0 saturated carbocycles. The molecule has 1 fully saturated rings. The van der Waals surface area contributed by atoms with Crippen molar-refractivity contribution < 1.29 is 56.1 Å². The fourth-order valence-electron chi connectivity index (χ4n) is 1.82. The molecule has 1 aliphatic heterocycles. The van der Waals surface area contributed by atoms with Gasteiger partial charge in [0.15, 0.2) is 0 Å². The molecule has 37 heavy (non-hydrogen) atoms. The molecule has 0 spiro atoms. The molecule has 21 heteroatoms. The Hall–Kier alpha value is -2.12. The Kier molecular flexibility index (Phi) is 20.9. The lowest BCUT2D eigenvalue weighted by molar-refractivity contribution is -0.138. The number of fused-ring (bicyclic) bond motifs is 1. The standard InChI is InChI=1S/C8H6N2.C5H12N2O2.C2H7N3.CHF3.H4O7P2/c1-2-4-8-7(3-1)9-5-6-10-8;6-3-1-2-4(7)5(8)9;1-2-4-5-3-1;2-1(3)4;1-8(2,3)7-9(4,5)6/h1-6H;4H,1-3,6-7H2,(H,8,9);3-5H,1-2H2;1H;(H2,1,2,3)(H2,4,5,6). The highest BCUT2D eigenvalue weighted by atomic mass is 31.3. The van der Waals surface area contributed by atoms with E-state index in [-0.39, 0.29) is 0 Å². The second kappa shape index (κ2) is 20.9. The highest BCUT2D eigenvalue weighted by Gasteiger charge is 2.27. The number of benzene rings is 1. The summed E-state index contributed by atoms with van der Waals surface area (Å²) in [5.74, 6) is -0.955. The zero-order valence-electron chi connectivity index (χ0n) is 19.1. The van der Waals surface area contributed by atoms with Crippen molar-refractivity contribution in [2.24, 2.45) is 11.5 Å². The summed E-state index contributed by atoms with van der Waals surface area (Å²) in [4.78, 5) is 49.3. The van der Waals surface area contributed by atoms with E-state index in [1.54, 1.807) is 12.4 Å². The van der Waals surface area contributed by atoms with Gasteiger partial charge < -0.3 is 36.1 Å². The molecule has 1 atom stereocenters. The highest BCUT2D eigenvalue weighted by Crippen LogP contribution is 2.53. The Bertz CT molecular complexity index is 872. The predicted octanol–water partition coefficient (Wildman–Crippen LogP) is -0.267. The summed E-state index contributed by atoms with van der Waals surface area (Å²) < 4.78 is 51.2. The van der Waals surface area contributed by atoms with Crippen LogP contribution >= 0.6 is 15.6 Å². The smallest absolute Gasteiger partial charge is 0.478 e. The number of nitrogens with zero attached hydrogens (tertiary/aromatic N) is 2. The summed E-state index contributed by atoms with van der Waals surface area (Å²) in [6, 6.07) is 7.06. The monoisotopic (exact) mass is 583 g/mol. The number of hydrogen-bond donors (Lipinski definition) is 10. The molecule has 214 valence electrons. The normalized spacial score (nSPS) is 13.5. The van der Waals surface area contributed by atoms with Gasteiger partial charge in [-0.3, -0.25) is 14.8 Å². The number of aliphatic carboxylic acids is 1. The van der Waals surface area contributed by atoms with Crippen LogP contribution in [-0.4, -0.2) is 73.0 Å². The van der Waals surface area contributed by atoms with Gasteiger partial charge in [-0.2, -0.15) is 23.0 Å². The molecule has 1 unspecified atom stereocenters. The first-order valence-corrected chi connectivity index (χ1v) is 12.9. The number of carbonyl (C=O) groups is 1. The van der Waals surface area contributed by atoms with Gasteiger partial charge in [0, 0.05) is 25.5 Å². The van der Waals surface area contributed by atoms with E-state index in [2.05, 4.69) is 30.7 Å². The van der Waals surface area contributed by atoms with E-state index in [0.29, 0.717) is 19.4 Å². The number of hydrazine groups is 2. The third-order valence-electron chi connectivity index (χ3n) is 3.18. The number of phosphoric acid groups is 2. The Balaban J connectivity index is 0. The minimum Gasteiger partial charge on any atom is -0.480 e. The molecule has 0 amide bonds. The van der Waals surface area contributed by atoms with Gasteiger partial charge in [0.05, 0.1) is 11.0 Å². The van der Waals surface area contributed by atoms with Crippen LogP contribution in [0.3, 0.4) is 0 Å². The van der Waals surface area contributed by atoms with Gasteiger partial charge in [0.25, 0.3) is 0 Å². The average molecular weight is 583 g/mol. The van der Waals surface area contributed by atoms with Crippen molar-refractivity contribution in [2.75, 3.05) is 19.6 Å². The van der Waals surface area contributed by atoms with E-state index in [1.807, 2.05) is 24.3 Å². The fraction of sp³-hybridized carbons (Fsp3) is 0.438. The zero-order chi connectivity index (χ0) is 28.9. The molecule has 16 nitrogen and oxygen atoms in total. The topological polar surface area (TPSA) is 275 Å². The molecule has 0 radical (unpaired) electrons. The van der Waals surface area contributed by atoms with Crippen LogP contribution in [0.1, 0.15) is 12.8 Å². The molecule has 1 saturated heterocycles. The largest absolute Gasteiger partial charge is 0.480 e. The third-order valence-corrected chi connectivity index (χ3v) is 4.88. The number of aromatic nitrogens is 2. The summed E-state index contributed by atoms with van der Waals surface area (Å²) in [6.07, 6.45) is 4.53. The molecular formula is C16H30F3N7O9P2. The first kappa shape index (κ1) is 37.0. The Morgan fingerprint density at radius 2 is 1.41 bits per heavy atom. The summed E-state index contributed by atoms with van der Waals surface area (Å²) >= 11 is 0. The second-order valence-electron chi connectivity index (χ2n) is 6.21. The SMILES string of the molecule is C1CNNN1.FC(F)F.NCCCC(N)C(=O)O.O=P(O)(O)OP(=O)(O)O.c1ccc2nccnc2c1. The van der Waals surface area contributed by atoms with Crippen molar-refractivity contribution in [1.82, 2.24) is 26.4 Å². The lowest BCUT2D eigenvalue weighted by atomic mass is 10.2. The minimum atomic E-state index is -5.05. The Morgan fingerprint density at radius 3 is 1.65 bits per heavy atom. The van der Waals surface area contributed by atoms with Crippen LogP contribution in [0.5, 0.6) is 0 Å². The van der Waals surface area contributed by atoms with E-state index in [1.165, 1.54) is 0 Å². The molecule has 1 aromatic heterocycles. The van der Waals surface area contributed by atoms with Crippen molar-refractivity contribution in [3.63, 3.8) is 0 Å². The molecule has 2 heterocycles. The first-order valence-electron chi connectivity index (χ1n) is 9.88. The predicted molar refractivity (Wildman–Crippen MR) is 125 cm³/mol. The lowest BCUT2D eigenvalue weighted by Gasteiger charge is -2.03. The van der Waals surface area contributed by atoms with Crippen LogP contribution in [0.25, 0.3) is 11.0 Å². The van der Waals surface area contributed by atoms with Crippen molar-refractivity contribution in [3.8, 4) is 0 Å². The van der Waals surface area contributed by atoms with Crippen LogP contribution in [0.4, 0.5) is 13.2 Å². The second-order valence-corrected chi connectivity index (χ2v) is 8.82. The van der Waals surface area contributed by atoms with E-state index in [9.17, 15) is 27.1 Å². The number of nitrogens with one attached hydrogen (secondary N) is 3. The highest BCUT2D eigenvalue weighted by molar-refractivity contribution is 7.60. The maximum absolute atomic E-state index is 10.0. The summed E-state index contributed by atoms with van der Waals surface area (Å²) in [6.45, 7) is -1.11. The fourth-order valence-corrected chi connectivity index (χ4v) is 2.93. The third kappa shape index (κ3) is 28.3. The average Bonchev–Trinajstić information content (AvgIpc) is 3.36. The van der Waals surface area contributed by atoms with Gasteiger partial charge in [0.2, 0.25) is 0 Å².